The molecule has 0 atom stereocenters. The zero-order chi connectivity index (χ0) is 8.15. The molecule has 0 aromatic rings. The molecule has 0 N–H and O–H groups in total. The van der Waals surface area contributed by atoms with Crippen molar-refractivity contribution in [3.63, 3.8) is 0 Å². The molecule has 0 spiro atoms. The van der Waals surface area contributed by atoms with Crippen LogP contribution in [0.25, 0.3) is 0 Å². The Bertz CT molecular complexity index is 132. The number of carbonyl (C=O) groups excluding carboxylic acids is 2. The van der Waals surface area contributed by atoms with E-state index < -0.39 is 16.1 Å². The first-order valence-electron chi connectivity index (χ1n) is 2.87. The van der Waals surface area contributed by atoms with Crippen LogP contribution < -0.4 is 0 Å². The van der Waals surface area contributed by atoms with Gasteiger partial charge < -0.3 is 0 Å². The van der Waals surface area contributed by atoms with Crippen molar-refractivity contribution in [3.05, 3.63) is 0 Å². The first-order chi connectivity index (χ1) is 4.52. The zero-order valence-electron chi connectivity index (χ0n) is 6.21. The number of hydrogen-bond donors (Lipinski definition) is 0. The normalized spacial score (nSPS) is 8.40. The van der Waals surface area contributed by atoms with E-state index in [4.69, 9.17) is 0 Å². The van der Waals surface area contributed by atoms with Crippen LogP contribution in [0.5, 0.6) is 0 Å². The molecule has 0 aromatic heterocycles. The Labute approximate surface area is 76.5 Å². The van der Waals surface area contributed by atoms with Gasteiger partial charge in [-0.3, -0.25) is 0 Å². The summed E-state index contributed by atoms with van der Waals surface area (Å²) in [5.41, 5.74) is 0. The quantitative estimate of drug-likeness (QED) is 0.489. The van der Waals surface area contributed by atoms with Crippen LogP contribution in [0.3, 0.4) is 0 Å². The van der Waals surface area contributed by atoms with Crippen molar-refractivity contribution in [2.45, 2.75) is 13.8 Å². The summed E-state index contributed by atoms with van der Waals surface area (Å²) in [7, 11) is 0. The van der Waals surface area contributed by atoms with E-state index in [1.807, 2.05) is 0 Å². The monoisotopic (exact) mass is 152 g/mol. The van der Waals surface area contributed by atoms with Crippen molar-refractivity contribution < 1.29 is 18.9 Å². The average molecular weight is 152 g/mol. The molecule has 0 amide bonds. The minimum absolute atomic E-state index is 0.429. The molecular formula is C4H6BNaO4. The second-order valence-corrected chi connectivity index (χ2v) is 2.73. The summed E-state index contributed by atoms with van der Waals surface area (Å²) >= 11 is 0.499. The van der Waals surface area contributed by atoms with Gasteiger partial charge in [0.05, 0.1) is 0 Å². The summed E-state index contributed by atoms with van der Waals surface area (Å²) in [5.74, 6) is -0.859. The summed E-state index contributed by atoms with van der Waals surface area (Å²) in [6.07, 6.45) is 0. The summed E-state index contributed by atoms with van der Waals surface area (Å²) < 4.78 is 8.44. The van der Waals surface area contributed by atoms with Gasteiger partial charge in [-0.1, -0.05) is 0 Å². The van der Waals surface area contributed by atoms with Crippen molar-refractivity contribution >= 4 is 43.8 Å². The third-order valence-corrected chi connectivity index (χ3v) is 1.14. The maximum absolute atomic E-state index is 10.2. The van der Waals surface area contributed by atoms with Crippen molar-refractivity contribution in [2.75, 3.05) is 0 Å². The van der Waals surface area contributed by atoms with Crippen LogP contribution in [0.15, 0.2) is 0 Å². The molecule has 0 aliphatic carbocycles. The van der Waals surface area contributed by atoms with Crippen LogP contribution in [0.2, 0.25) is 0 Å². The van der Waals surface area contributed by atoms with E-state index in [1.165, 1.54) is 13.8 Å². The molecule has 0 saturated heterocycles. The zero-order valence-corrected chi connectivity index (χ0v) is 8.21. The van der Waals surface area contributed by atoms with Crippen molar-refractivity contribution in [1.82, 2.24) is 0 Å². The van der Waals surface area contributed by atoms with Crippen molar-refractivity contribution in [3.8, 4) is 0 Å². The Kier molecular flexibility index (Phi) is 4.77. The predicted molar refractivity (Wildman–Crippen MR) is 35.0 cm³/mol. The standard InChI is InChI=1S/C4H6BO4.Na/c1-3(6)8-5-9-4(2)7;/h1-2H3;/q+1;-1. The molecule has 0 radical (unpaired) electrons. The maximum atomic E-state index is 10.2. The van der Waals surface area contributed by atoms with Gasteiger partial charge in [0.25, 0.3) is 0 Å². The van der Waals surface area contributed by atoms with E-state index in [2.05, 4.69) is 9.31 Å². The van der Waals surface area contributed by atoms with Gasteiger partial charge in [-0.2, -0.15) is 0 Å². The fraction of sp³-hybridized carbons (Fsp3) is 0.500. The van der Waals surface area contributed by atoms with E-state index in [0.717, 1.165) is 0 Å². The summed E-state index contributed by atoms with van der Waals surface area (Å²) in [5, 5.41) is 0. The molecule has 0 bridgehead atoms. The predicted octanol–water partition coefficient (Wildman–Crippen LogP) is -0.734. The van der Waals surface area contributed by atoms with Crippen molar-refractivity contribution in [2.24, 2.45) is 0 Å². The van der Waals surface area contributed by atoms with E-state index in [-0.39, 0.29) is 0 Å². The molecule has 0 aliphatic rings. The molecule has 0 unspecified atom stereocenters. The summed E-state index contributed by atoms with van der Waals surface area (Å²) in [6.45, 7) is 2.54. The molecular weight excluding hydrogens is 146 g/mol. The summed E-state index contributed by atoms with van der Waals surface area (Å²) in [6, 6.07) is 0. The Morgan fingerprint density at radius 3 is 1.70 bits per heavy atom. The minimum atomic E-state index is -0.644. The third-order valence-electron chi connectivity index (χ3n) is 0.664. The van der Waals surface area contributed by atoms with Gasteiger partial charge in [0, 0.05) is 0 Å². The van der Waals surface area contributed by atoms with E-state index in [1.54, 1.807) is 0 Å². The number of carbonyl (C=O) groups is 2. The SMILES string of the molecule is CC(=O)O[B]([Na])OC(C)=O. The molecule has 0 heterocycles. The van der Waals surface area contributed by atoms with Gasteiger partial charge in [-0.05, 0) is 0 Å². The van der Waals surface area contributed by atoms with Crippen LogP contribution in [0.1, 0.15) is 13.8 Å². The molecule has 4 nitrogen and oxygen atoms in total. The fourth-order valence-corrected chi connectivity index (χ4v) is 1.16. The average Bonchev–Trinajstić information content (AvgIpc) is 1.58. The second kappa shape index (κ2) is 4.76. The van der Waals surface area contributed by atoms with Crippen molar-refractivity contribution in [1.29, 1.82) is 0 Å². The molecule has 0 aromatic carbocycles. The molecule has 0 saturated carbocycles. The Morgan fingerprint density at radius 2 is 1.50 bits per heavy atom. The van der Waals surface area contributed by atoms with E-state index >= 15 is 0 Å². The van der Waals surface area contributed by atoms with Gasteiger partial charge >= 0.3 is 76.5 Å². The second-order valence-electron chi connectivity index (χ2n) is 1.79. The first-order valence-corrected chi connectivity index (χ1v) is 4.02. The Balaban J connectivity index is 3.53. The molecule has 50 valence electrons. The summed E-state index contributed by atoms with van der Waals surface area (Å²) in [4.78, 5) is 20.5. The van der Waals surface area contributed by atoms with Gasteiger partial charge in [0.1, 0.15) is 0 Å². The molecule has 10 heavy (non-hydrogen) atoms. The van der Waals surface area contributed by atoms with Crippen LogP contribution >= 0.6 is 0 Å². The Morgan fingerprint density at radius 1 is 1.20 bits per heavy atom. The molecule has 0 rings (SSSR count). The van der Waals surface area contributed by atoms with Crippen LogP contribution in [-0.4, -0.2) is 43.8 Å². The van der Waals surface area contributed by atoms with Crippen LogP contribution in [-0.2, 0) is 18.9 Å². The van der Waals surface area contributed by atoms with Gasteiger partial charge in [0.15, 0.2) is 0 Å². The number of rotatable bonds is 2. The van der Waals surface area contributed by atoms with Crippen LogP contribution in [0.4, 0.5) is 0 Å². The third kappa shape index (κ3) is 6.13. The van der Waals surface area contributed by atoms with Gasteiger partial charge in [-0.25, -0.2) is 0 Å². The molecule has 0 fully saturated rings. The fourth-order valence-electron chi connectivity index (χ4n) is 0.491. The first kappa shape index (κ1) is 10.0. The van der Waals surface area contributed by atoms with Gasteiger partial charge in [0.2, 0.25) is 0 Å². The molecule has 6 heteroatoms. The van der Waals surface area contributed by atoms with Crippen LogP contribution in [0, 0.1) is 0 Å². The van der Waals surface area contributed by atoms with E-state index in [0.29, 0.717) is 27.7 Å². The number of hydrogen-bond acceptors (Lipinski definition) is 4. The van der Waals surface area contributed by atoms with Gasteiger partial charge in [-0.15, -0.1) is 0 Å². The Hall–Kier alpha value is 0.00494. The topological polar surface area (TPSA) is 52.6 Å². The van der Waals surface area contributed by atoms with E-state index in [9.17, 15) is 9.59 Å². The molecule has 0 aliphatic heterocycles.